The van der Waals surface area contributed by atoms with E-state index in [1.165, 1.54) is 12.1 Å². The molecule has 9 heteroatoms. The van der Waals surface area contributed by atoms with E-state index in [4.69, 9.17) is 4.74 Å². The van der Waals surface area contributed by atoms with Crippen molar-refractivity contribution in [3.05, 3.63) is 52.3 Å². The number of aromatic amines is 1. The third kappa shape index (κ3) is 4.68. The number of carbonyl (C=O) groups excluding carboxylic acids is 2. The highest BCUT2D eigenvalue weighted by Crippen LogP contribution is 2.34. The van der Waals surface area contributed by atoms with Gasteiger partial charge in [0.2, 0.25) is 0 Å². The van der Waals surface area contributed by atoms with Gasteiger partial charge in [0.15, 0.2) is 6.61 Å². The van der Waals surface area contributed by atoms with Gasteiger partial charge in [0.05, 0.1) is 17.4 Å². The van der Waals surface area contributed by atoms with Crippen molar-refractivity contribution < 1.29 is 32.6 Å². The lowest BCUT2D eigenvalue weighted by Crippen LogP contribution is -2.23. The molecule has 27 heavy (non-hydrogen) atoms. The van der Waals surface area contributed by atoms with Gasteiger partial charge in [-0.15, -0.1) is 0 Å². The lowest BCUT2D eigenvalue weighted by atomic mass is 10.1. The molecule has 1 heterocycles. The first-order valence-electron chi connectivity index (χ1n) is 8.02. The maximum atomic E-state index is 12.9. The molecule has 1 atom stereocenters. The highest BCUT2D eigenvalue weighted by molar-refractivity contribution is 5.96. The number of para-hydroxylation sites is 1. The van der Waals surface area contributed by atoms with Gasteiger partial charge < -0.3 is 20.1 Å². The lowest BCUT2D eigenvalue weighted by Gasteiger charge is -2.13. The quantitative estimate of drug-likeness (QED) is 0.688. The fourth-order valence-corrected chi connectivity index (χ4v) is 2.82. The second-order valence-electron chi connectivity index (χ2n) is 6.01. The summed E-state index contributed by atoms with van der Waals surface area (Å²) >= 11 is 0. The fraction of sp³-hybridized carbons (Fsp3) is 0.333. The predicted octanol–water partition coefficient (Wildman–Crippen LogP) is 3.50. The minimum Gasteiger partial charge on any atom is -0.451 e. The summed E-state index contributed by atoms with van der Waals surface area (Å²) in [6.45, 7) is 4.07. The monoisotopic (exact) mass is 384 g/mol. The first-order valence-corrected chi connectivity index (χ1v) is 8.02. The summed E-state index contributed by atoms with van der Waals surface area (Å²) in [5.74, 6) is -1.75. The number of carbonyl (C=O) groups is 2. The number of H-pyrrole nitrogens is 1. The standard InChI is InChI=1S/C18H19F3N2O4/c1-9-15(11(3)24)10(2)22-16(9)17(26)27-8-14(25)23-13-7-5-4-6-12(13)18(19,20)21/h4-7,11,22,24H,8H2,1-3H3,(H,23,25)/t11-/m0/s1. The zero-order valence-corrected chi connectivity index (χ0v) is 14.9. The van der Waals surface area contributed by atoms with Gasteiger partial charge in [-0.3, -0.25) is 4.79 Å². The van der Waals surface area contributed by atoms with Crippen LogP contribution in [0.5, 0.6) is 0 Å². The molecule has 0 aliphatic heterocycles. The van der Waals surface area contributed by atoms with Crippen molar-refractivity contribution in [1.82, 2.24) is 4.98 Å². The predicted molar refractivity (Wildman–Crippen MR) is 91.3 cm³/mol. The zero-order valence-electron chi connectivity index (χ0n) is 14.9. The number of alkyl halides is 3. The maximum absolute atomic E-state index is 12.9. The van der Waals surface area contributed by atoms with Gasteiger partial charge in [0.1, 0.15) is 5.69 Å². The first-order chi connectivity index (χ1) is 12.5. The van der Waals surface area contributed by atoms with Crippen LogP contribution >= 0.6 is 0 Å². The van der Waals surface area contributed by atoms with E-state index in [1.807, 2.05) is 0 Å². The lowest BCUT2D eigenvalue weighted by molar-refractivity contribution is -0.137. The van der Waals surface area contributed by atoms with E-state index >= 15 is 0 Å². The Morgan fingerprint density at radius 1 is 1.26 bits per heavy atom. The van der Waals surface area contributed by atoms with Crippen LogP contribution in [0.25, 0.3) is 0 Å². The van der Waals surface area contributed by atoms with Gasteiger partial charge in [-0.05, 0) is 38.5 Å². The summed E-state index contributed by atoms with van der Waals surface area (Å²) in [6, 6.07) is 4.49. The highest BCUT2D eigenvalue weighted by Gasteiger charge is 2.33. The fourth-order valence-electron chi connectivity index (χ4n) is 2.82. The van der Waals surface area contributed by atoms with Gasteiger partial charge >= 0.3 is 12.1 Å². The summed E-state index contributed by atoms with van der Waals surface area (Å²) < 4.78 is 43.6. The van der Waals surface area contributed by atoms with Gasteiger partial charge in [-0.25, -0.2) is 4.79 Å². The number of halogens is 3. The molecule has 0 aliphatic carbocycles. The Morgan fingerprint density at radius 3 is 2.44 bits per heavy atom. The van der Waals surface area contributed by atoms with E-state index < -0.39 is 42.0 Å². The number of hydrogen-bond acceptors (Lipinski definition) is 4. The molecule has 0 unspecified atom stereocenters. The molecule has 1 aromatic heterocycles. The molecule has 0 aliphatic rings. The number of hydrogen-bond donors (Lipinski definition) is 3. The van der Waals surface area contributed by atoms with Crippen LogP contribution in [0.1, 0.15) is 45.9 Å². The van der Waals surface area contributed by atoms with Crippen molar-refractivity contribution >= 4 is 17.6 Å². The number of esters is 1. The SMILES string of the molecule is Cc1[nH]c(C(=O)OCC(=O)Nc2ccccc2C(F)(F)F)c(C)c1[C@H](C)O. The minimum atomic E-state index is -4.63. The Balaban J connectivity index is 2.05. The number of nitrogens with one attached hydrogen (secondary N) is 2. The molecule has 1 aromatic carbocycles. The molecule has 0 fully saturated rings. The number of anilines is 1. The Bertz CT molecular complexity index is 857. The Labute approximate surface area is 153 Å². The van der Waals surface area contributed by atoms with Gasteiger partial charge in [0, 0.05) is 11.3 Å². The van der Waals surface area contributed by atoms with Gasteiger partial charge in [0.25, 0.3) is 5.91 Å². The van der Waals surface area contributed by atoms with Crippen molar-refractivity contribution in [3.8, 4) is 0 Å². The van der Waals surface area contributed by atoms with Gasteiger partial charge in [-0.2, -0.15) is 13.2 Å². The second-order valence-corrected chi connectivity index (χ2v) is 6.01. The van der Waals surface area contributed by atoms with Crippen molar-refractivity contribution in [2.75, 3.05) is 11.9 Å². The molecule has 0 saturated heterocycles. The molecule has 1 amide bonds. The molecule has 146 valence electrons. The van der Waals surface area contributed by atoms with Crippen molar-refractivity contribution in [3.63, 3.8) is 0 Å². The van der Waals surface area contributed by atoms with E-state index in [-0.39, 0.29) is 5.69 Å². The molecule has 6 nitrogen and oxygen atoms in total. The smallest absolute Gasteiger partial charge is 0.418 e. The maximum Gasteiger partial charge on any atom is 0.418 e. The van der Waals surface area contributed by atoms with Crippen LogP contribution in [-0.2, 0) is 15.7 Å². The van der Waals surface area contributed by atoms with Crippen LogP contribution in [0.15, 0.2) is 24.3 Å². The summed E-state index contributed by atoms with van der Waals surface area (Å²) in [5.41, 5.74) is 0.266. The van der Waals surface area contributed by atoms with E-state index in [2.05, 4.69) is 10.3 Å². The average molecular weight is 384 g/mol. The summed E-state index contributed by atoms with van der Waals surface area (Å²) in [6.07, 6.45) is -5.43. The molecular weight excluding hydrogens is 365 g/mol. The number of benzene rings is 1. The number of aliphatic hydroxyl groups excluding tert-OH is 1. The van der Waals surface area contributed by atoms with E-state index in [1.54, 1.807) is 20.8 Å². The highest BCUT2D eigenvalue weighted by atomic mass is 19.4. The number of amides is 1. The largest absolute Gasteiger partial charge is 0.451 e. The molecule has 2 aromatic rings. The number of aryl methyl sites for hydroxylation is 1. The van der Waals surface area contributed by atoms with Crippen LogP contribution in [0.2, 0.25) is 0 Å². The van der Waals surface area contributed by atoms with Crippen LogP contribution in [0.4, 0.5) is 18.9 Å². The Morgan fingerprint density at radius 2 is 1.89 bits per heavy atom. The van der Waals surface area contributed by atoms with Crippen molar-refractivity contribution in [2.24, 2.45) is 0 Å². The van der Waals surface area contributed by atoms with Crippen LogP contribution in [0.3, 0.4) is 0 Å². The molecule has 0 bridgehead atoms. The third-order valence-corrected chi connectivity index (χ3v) is 3.96. The van der Waals surface area contributed by atoms with Crippen LogP contribution in [0, 0.1) is 13.8 Å². The van der Waals surface area contributed by atoms with Gasteiger partial charge in [-0.1, -0.05) is 12.1 Å². The number of aromatic nitrogens is 1. The molecule has 0 saturated carbocycles. The first kappa shape index (κ1) is 20.5. The summed E-state index contributed by atoms with van der Waals surface area (Å²) in [4.78, 5) is 26.8. The topological polar surface area (TPSA) is 91.4 Å². The normalized spacial score (nSPS) is 12.6. The van der Waals surface area contributed by atoms with Crippen molar-refractivity contribution in [1.29, 1.82) is 0 Å². The van der Waals surface area contributed by atoms with Crippen molar-refractivity contribution in [2.45, 2.75) is 33.1 Å². The van der Waals surface area contributed by atoms with E-state index in [0.717, 1.165) is 12.1 Å². The molecule has 3 N–H and O–H groups in total. The summed E-state index contributed by atoms with van der Waals surface area (Å²) in [5, 5.41) is 11.8. The van der Waals surface area contributed by atoms with Crippen LogP contribution in [-0.4, -0.2) is 28.6 Å². The zero-order chi connectivity index (χ0) is 20.4. The van der Waals surface area contributed by atoms with E-state index in [0.29, 0.717) is 16.8 Å². The Hall–Kier alpha value is -2.81. The number of ether oxygens (including phenoxy) is 1. The summed E-state index contributed by atoms with van der Waals surface area (Å²) in [7, 11) is 0. The van der Waals surface area contributed by atoms with E-state index in [9.17, 15) is 27.9 Å². The molecular formula is C18H19F3N2O4. The molecule has 0 radical (unpaired) electrons. The minimum absolute atomic E-state index is 0.0758. The average Bonchev–Trinajstić information content (AvgIpc) is 2.87. The van der Waals surface area contributed by atoms with Crippen LogP contribution < -0.4 is 5.32 Å². The Kier molecular flexibility index (Phi) is 5.94. The third-order valence-electron chi connectivity index (χ3n) is 3.96. The molecule has 0 spiro atoms. The number of rotatable bonds is 5. The molecule has 2 rings (SSSR count). The number of aliphatic hydroxyl groups is 1. The second kappa shape index (κ2) is 7.83.